The van der Waals surface area contributed by atoms with Gasteiger partial charge in [-0.2, -0.15) is 0 Å². The van der Waals surface area contributed by atoms with Gasteiger partial charge in [-0.15, -0.1) is 0 Å². The van der Waals surface area contributed by atoms with Gasteiger partial charge < -0.3 is 20.3 Å². The number of guanidine groups is 1. The number of nitrogens with zero attached hydrogens (tertiary/aromatic N) is 2. The first-order valence-corrected chi connectivity index (χ1v) is 7.44. The van der Waals surface area contributed by atoms with E-state index < -0.39 is 0 Å². The molecule has 1 aliphatic heterocycles. The molecule has 1 atom stereocenters. The van der Waals surface area contributed by atoms with Gasteiger partial charge in [-0.3, -0.25) is 4.99 Å². The molecule has 1 rings (SSSR count). The third-order valence-electron chi connectivity index (χ3n) is 3.44. The monoisotopic (exact) mass is 270 g/mol. The van der Waals surface area contributed by atoms with Gasteiger partial charge in [-0.1, -0.05) is 12.8 Å². The maximum Gasteiger partial charge on any atom is 0.191 e. The summed E-state index contributed by atoms with van der Waals surface area (Å²) in [5.74, 6) is 0.861. The quantitative estimate of drug-likeness (QED) is 0.560. The van der Waals surface area contributed by atoms with Crippen LogP contribution in [0.5, 0.6) is 0 Å². The van der Waals surface area contributed by atoms with Gasteiger partial charge in [0, 0.05) is 33.3 Å². The first-order valence-electron chi connectivity index (χ1n) is 7.44. The van der Waals surface area contributed by atoms with Gasteiger partial charge >= 0.3 is 0 Å². The van der Waals surface area contributed by atoms with E-state index in [0.29, 0.717) is 6.61 Å². The second kappa shape index (κ2) is 10.0. The van der Waals surface area contributed by atoms with Crippen molar-refractivity contribution in [2.45, 2.75) is 38.6 Å². The first-order chi connectivity index (χ1) is 9.26. The summed E-state index contributed by atoms with van der Waals surface area (Å²) >= 11 is 0. The second-order valence-electron chi connectivity index (χ2n) is 5.26. The summed E-state index contributed by atoms with van der Waals surface area (Å²) in [6.07, 6.45) is 5.47. The summed E-state index contributed by atoms with van der Waals surface area (Å²) in [6, 6.07) is 0.273. The Morgan fingerprint density at radius 2 is 1.95 bits per heavy atom. The summed E-state index contributed by atoms with van der Waals surface area (Å²) in [4.78, 5) is 6.78. The molecule has 1 fully saturated rings. The zero-order valence-corrected chi connectivity index (χ0v) is 12.7. The molecule has 0 amide bonds. The summed E-state index contributed by atoms with van der Waals surface area (Å²) in [5.41, 5.74) is 0. The standard InChI is InChI=1S/C14H30N4O/c1-13(12-19-3)17-14(15-2)16-8-11-18-9-6-4-5-7-10-18/h13H,4-12H2,1-3H3,(H2,15,16,17). The molecule has 1 unspecified atom stereocenters. The smallest absolute Gasteiger partial charge is 0.191 e. The van der Waals surface area contributed by atoms with Gasteiger partial charge in [0.25, 0.3) is 0 Å². The number of nitrogens with one attached hydrogen (secondary N) is 2. The van der Waals surface area contributed by atoms with Crippen LogP contribution >= 0.6 is 0 Å². The van der Waals surface area contributed by atoms with Crippen LogP contribution in [0.15, 0.2) is 4.99 Å². The van der Waals surface area contributed by atoms with E-state index >= 15 is 0 Å². The lowest BCUT2D eigenvalue weighted by molar-refractivity contribution is 0.179. The van der Waals surface area contributed by atoms with Crippen molar-refractivity contribution in [3.8, 4) is 0 Å². The van der Waals surface area contributed by atoms with Crippen LogP contribution in [0.3, 0.4) is 0 Å². The molecule has 1 aliphatic rings. The Bertz CT molecular complexity index is 250. The lowest BCUT2D eigenvalue weighted by Gasteiger charge is -2.22. The van der Waals surface area contributed by atoms with Crippen LogP contribution in [0.2, 0.25) is 0 Å². The van der Waals surface area contributed by atoms with E-state index in [9.17, 15) is 0 Å². The molecular weight excluding hydrogens is 240 g/mol. The molecule has 5 heteroatoms. The molecule has 0 aromatic rings. The highest BCUT2D eigenvalue weighted by Gasteiger charge is 2.09. The second-order valence-corrected chi connectivity index (χ2v) is 5.26. The number of rotatable bonds is 6. The number of methoxy groups -OCH3 is 1. The van der Waals surface area contributed by atoms with Crippen LogP contribution in [-0.2, 0) is 4.74 Å². The van der Waals surface area contributed by atoms with E-state index in [1.165, 1.54) is 38.8 Å². The molecule has 0 aromatic heterocycles. The fraction of sp³-hybridized carbons (Fsp3) is 0.929. The van der Waals surface area contributed by atoms with Crippen molar-refractivity contribution in [1.29, 1.82) is 0 Å². The molecule has 19 heavy (non-hydrogen) atoms. The third kappa shape index (κ3) is 7.38. The van der Waals surface area contributed by atoms with Crippen LogP contribution in [0.25, 0.3) is 0 Å². The fourth-order valence-electron chi connectivity index (χ4n) is 2.41. The molecule has 2 N–H and O–H groups in total. The number of ether oxygens (including phenoxy) is 1. The number of likely N-dealkylation sites (tertiary alicyclic amines) is 1. The maximum atomic E-state index is 5.11. The summed E-state index contributed by atoms with van der Waals surface area (Å²) in [6.45, 7) is 7.30. The largest absolute Gasteiger partial charge is 0.383 e. The van der Waals surface area contributed by atoms with Crippen molar-refractivity contribution in [1.82, 2.24) is 15.5 Å². The molecule has 0 aliphatic carbocycles. The number of aliphatic imine (C=N–C) groups is 1. The lowest BCUT2D eigenvalue weighted by atomic mass is 10.2. The molecule has 0 aromatic carbocycles. The Hall–Kier alpha value is -0.810. The minimum absolute atomic E-state index is 0.273. The highest BCUT2D eigenvalue weighted by molar-refractivity contribution is 5.79. The van der Waals surface area contributed by atoms with Crippen LogP contribution in [-0.4, -0.2) is 63.8 Å². The van der Waals surface area contributed by atoms with Crippen molar-refractivity contribution in [2.24, 2.45) is 4.99 Å². The summed E-state index contributed by atoms with van der Waals surface area (Å²) in [5, 5.41) is 6.68. The third-order valence-corrected chi connectivity index (χ3v) is 3.44. The van der Waals surface area contributed by atoms with Gasteiger partial charge in [-0.25, -0.2) is 0 Å². The molecule has 1 heterocycles. The average Bonchev–Trinajstić information content (AvgIpc) is 2.66. The van der Waals surface area contributed by atoms with E-state index in [1.54, 1.807) is 14.2 Å². The van der Waals surface area contributed by atoms with E-state index in [1.807, 2.05) is 0 Å². The van der Waals surface area contributed by atoms with Crippen molar-refractivity contribution in [3.63, 3.8) is 0 Å². The molecule has 0 radical (unpaired) electrons. The van der Waals surface area contributed by atoms with Crippen molar-refractivity contribution in [2.75, 3.05) is 46.9 Å². The van der Waals surface area contributed by atoms with Crippen LogP contribution in [0, 0.1) is 0 Å². The molecule has 5 nitrogen and oxygen atoms in total. The van der Waals surface area contributed by atoms with Crippen molar-refractivity contribution < 1.29 is 4.74 Å². The van der Waals surface area contributed by atoms with Gasteiger partial charge in [0.15, 0.2) is 5.96 Å². The topological polar surface area (TPSA) is 48.9 Å². The highest BCUT2D eigenvalue weighted by Crippen LogP contribution is 2.08. The predicted molar refractivity (Wildman–Crippen MR) is 80.7 cm³/mol. The zero-order chi connectivity index (χ0) is 13.9. The molecular formula is C14H30N4O. The van der Waals surface area contributed by atoms with E-state index in [2.05, 4.69) is 27.4 Å². The van der Waals surface area contributed by atoms with Crippen molar-refractivity contribution >= 4 is 5.96 Å². The predicted octanol–water partition coefficient (Wildman–Crippen LogP) is 1.06. The molecule has 112 valence electrons. The maximum absolute atomic E-state index is 5.11. The summed E-state index contributed by atoms with van der Waals surface area (Å²) in [7, 11) is 3.52. The Morgan fingerprint density at radius 1 is 1.26 bits per heavy atom. The molecule has 0 bridgehead atoms. The first kappa shape index (κ1) is 16.2. The fourth-order valence-corrected chi connectivity index (χ4v) is 2.41. The van der Waals surface area contributed by atoms with Crippen LogP contribution in [0.4, 0.5) is 0 Å². The lowest BCUT2D eigenvalue weighted by Crippen LogP contribution is -2.46. The highest BCUT2D eigenvalue weighted by atomic mass is 16.5. The van der Waals surface area contributed by atoms with Crippen molar-refractivity contribution in [3.05, 3.63) is 0 Å². The summed E-state index contributed by atoms with van der Waals surface area (Å²) < 4.78 is 5.11. The Kier molecular flexibility index (Phi) is 8.58. The van der Waals surface area contributed by atoms with E-state index in [0.717, 1.165) is 19.0 Å². The normalized spacial score (nSPS) is 19.8. The Morgan fingerprint density at radius 3 is 2.53 bits per heavy atom. The Labute approximate surface area is 117 Å². The van der Waals surface area contributed by atoms with E-state index in [4.69, 9.17) is 4.74 Å². The van der Waals surface area contributed by atoms with Gasteiger partial charge in [0.05, 0.1) is 6.61 Å². The minimum atomic E-state index is 0.273. The molecule has 0 spiro atoms. The van der Waals surface area contributed by atoms with Crippen LogP contribution < -0.4 is 10.6 Å². The SMILES string of the molecule is CN=C(NCCN1CCCCCC1)NC(C)COC. The average molecular weight is 270 g/mol. The van der Waals surface area contributed by atoms with Gasteiger partial charge in [-0.05, 0) is 32.9 Å². The van der Waals surface area contributed by atoms with Gasteiger partial charge in [0.1, 0.15) is 0 Å². The minimum Gasteiger partial charge on any atom is -0.383 e. The van der Waals surface area contributed by atoms with E-state index in [-0.39, 0.29) is 6.04 Å². The molecule has 1 saturated heterocycles. The molecule has 0 saturated carbocycles. The zero-order valence-electron chi connectivity index (χ0n) is 12.7. The Balaban J connectivity index is 2.18. The van der Waals surface area contributed by atoms with Gasteiger partial charge in [0.2, 0.25) is 0 Å². The number of hydrogen-bond donors (Lipinski definition) is 2. The number of hydrogen-bond acceptors (Lipinski definition) is 3. The van der Waals surface area contributed by atoms with Crippen LogP contribution in [0.1, 0.15) is 32.6 Å².